The van der Waals surface area contributed by atoms with Crippen molar-refractivity contribution in [2.75, 3.05) is 26.9 Å². The van der Waals surface area contributed by atoms with Crippen LogP contribution in [-0.4, -0.2) is 50.0 Å². The number of aliphatic hydroxyl groups excluding tert-OH is 1. The average Bonchev–Trinajstić information content (AvgIpc) is 2.47. The molecule has 0 aromatic heterocycles. The normalized spacial score (nSPS) is 13.8. The number of hydrogen-bond acceptors (Lipinski definition) is 4. The van der Waals surface area contributed by atoms with Gasteiger partial charge in [0.2, 0.25) is 5.91 Å². The second-order valence-corrected chi connectivity index (χ2v) is 4.74. The van der Waals surface area contributed by atoms with Crippen LogP contribution in [0.3, 0.4) is 0 Å². The number of aliphatic hydroxyl groups is 1. The van der Waals surface area contributed by atoms with Crippen LogP contribution in [0.15, 0.2) is 30.3 Å². The van der Waals surface area contributed by atoms with Crippen LogP contribution in [0.4, 0.5) is 0 Å². The standard InChI is InChI=1S/C15H24N2O3/c1-12(15(19)16-8-9-20-2)17-14(11-18)10-13-6-4-3-5-7-13/h3-7,12,14,17-18H,8-11H2,1-2H3,(H,16,19). The topological polar surface area (TPSA) is 70.6 Å². The number of carbonyl (C=O) groups excluding carboxylic acids is 1. The Labute approximate surface area is 120 Å². The molecule has 0 spiro atoms. The van der Waals surface area contributed by atoms with Gasteiger partial charge in [-0.25, -0.2) is 0 Å². The molecule has 3 N–H and O–H groups in total. The lowest BCUT2D eigenvalue weighted by Gasteiger charge is -2.21. The van der Waals surface area contributed by atoms with Crippen molar-refractivity contribution in [3.05, 3.63) is 35.9 Å². The van der Waals surface area contributed by atoms with E-state index in [2.05, 4.69) is 10.6 Å². The fourth-order valence-corrected chi connectivity index (χ4v) is 1.93. The van der Waals surface area contributed by atoms with E-state index in [4.69, 9.17) is 4.74 Å². The van der Waals surface area contributed by atoms with E-state index in [-0.39, 0.29) is 24.6 Å². The third-order valence-corrected chi connectivity index (χ3v) is 3.03. The van der Waals surface area contributed by atoms with Crippen LogP contribution in [-0.2, 0) is 16.0 Å². The van der Waals surface area contributed by atoms with E-state index < -0.39 is 0 Å². The van der Waals surface area contributed by atoms with Gasteiger partial charge >= 0.3 is 0 Å². The van der Waals surface area contributed by atoms with E-state index in [1.165, 1.54) is 0 Å². The summed E-state index contributed by atoms with van der Waals surface area (Å²) in [5, 5.41) is 15.3. The zero-order valence-corrected chi connectivity index (χ0v) is 12.1. The largest absolute Gasteiger partial charge is 0.395 e. The molecule has 2 atom stereocenters. The lowest BCUT2D eigenvalue weighted by Crippen LogP contribution is -2.49. The van der Waals surface area contributed by atoms with Gasteiger partial charge in [0.25, 0.3) is 0 Å². The van der Waals surface area contributed by atoms with Gasteiger partial charge in [-0.05, 0) is 18.9 Å². The first kappa shape index (κ1) is 16.6. The summed E-state index contributed by atoms with van der Waals surface area (Å²) in [5.41, 5.74) is 1.13. The lowest BCUT2D eigenvalue weighted by molar-refractivity contribution is -0.123. The van der Waals surface area contributed by atoms with Crippen molar-refractivity contribution in [2.45, 2.75) is 25.4 Å². The molecule has 0 aliphatic carbocycles. The summed E-state index contributed by atoms with van der Waals surface area (Å²) >= 11 is 0. The summed E-state index contributed by atoms with van der Waals surface area (Å²) in [6.07, 6.45) is 0.688. The van der Waals surface area contributed by atoms with Crippen molar-refractivity contribution in [3.8, 4) is 0 Å². The Morgan fingerprint density at radius 3 is 2.65 bits per heavy atom. The number of nitrogens with one attached hydrogen (secondary N) is 2. The van der Waals surface area contributed by atoms with Gasteiger partial charge in [-0.2, -0.15) is 0 Å². The maximum absolute atomic E-state index is 11.8. The van der Waals surface area contributed by atoms with Crippen LogP contribution in [0.25, 0.3) is 0 Å². The Hall–Kier alpha value is -1.43. The van der Waals surface area contributed by atoms with Gasteiger partial charge < -0.3 is 20.5 Å². The first-order valence-electron chi connectivity index (χ1n) is 6.84. The highest BCUT2D eigenvalue weighted by molar-refractivity contribution is 5.81. The molecule has 112 valence electrons. The molecule has 5 nitrogen and oxygen atoms in total. The highest BCUT2D eigenvalue weighted by Gasteiger charge is 2.17. The summed E-state index contributed by atoms with van der Waals surface area (Å²) in [6.45, 7) is 2.76. The smallest absolute Gasteiger partial charge is 0.236 e. The molecule has 1 aromatic rings. The molecule has 2 unspecified atom stereocenters. The predicted octanol–water partition coefficient (Wildman–Crippen LogP) is 0.331. The molecule has 5 heteroatoms. The van der Waals surface area contributed by atoms with Crippen molar-refractivity contribution >= 4 is 5.91 Å². The molecule has 0 fully saturated rings. The summed E-state index contributed by atoms with van der Waals surface area (Å²) in [7, 11) is 1.59. The van der Waals surface area contributed by atoms with Crippen LogP contribution >= 0.6 is 0 Å². The monoisotopic (exact) mass is 280 g/mol. The maximum atomic E-state index is 11.8. The molecule has 0 saturated carbocycles. The molecule has 1 amide bonds. The molecule has 1 rings (SSSR count). The number of carbonyl (C=O) groups is 1. The van der Waals surface area contributed by atoms with Crippen molar-refractivity contribution in [2.24, 2.45) is 0 Å². The van der Waals surface area contributed by atoms with Gasteiger partial charge in [0.1, 0.15) is 0 Å². The van der Waals surface area contributed by atoms with Gasteiger partial charge in [0.15, 0.2) is 0 Å². The molecular weight excluding hydrogens is 256 g/mol. The van der Waals surface area contributed by atoms with Crippen LogP contribution < -0.4 is 10.6 Å². The Kier molecular flexibility index (Phi) is 7.87. The number of amides is 1. The van der Waals surface area contributed by atoms with E-state index >= 15 is 0 Å². The van der Waals surface area contributed by atoms with E-state index in [0.717, 1.165) is 5.56 Å². The van der Waals surface area contributed by atoms with Crippen LogP contribution in [0.1, 0.15) is 12.5 Å². The molecule has 0 heterocycles. The van der Waals surface area contributed by atoms with Crippen molar-refractivity contribution in [1.82, 2.24) is 10.6 Å². The summed E-state index contributed by atoms with van der Waals surface area (Å²) in [4.78, 5) is 11.8. The second-order valence-electron chi connectivity index (χ2n) is 4.74. The fourth-order valence-electron chi connectivity index (χ4n) is 1.93. The number of methoxy groups -OCH3 is 1. The number of hydrogen-bond donors (Lipinski definition) is 3. The fraction of sp³-hybridized carbons (Fsp3) is 0.533. The van der Waals surface area contributed by atoms with Crippen LogP contribution in [0.2, 0.25) is 0 Å². The molecule has 0 radical (unpaired) electrons. The maximum Gasteiger partial charge on any atom is 0.236 e. The van der Waals surface area contributed by atoms with E-state index in [1.54, 1.807) is 14.0 Å². The predicted molar refractivity (Wildman–Crippen MR) is 78.5 cm³/mol. The average molecular weight is 280 g/mol. The van der Waals surface area contributed by atoms with E-state index in [9.17, 15) is 9.90 Å². The first-order chi connectivity index (χ1) is 9.67. The lowest BCUT2D eigenvalue weighted by atomic mass is 10.1. The Morgan fingerprint density at radius 2 is 2.05 bits per heavy atom. The summed E-state index contributed by atoms with van der Waals surface area (Å²) in [6, 6.07) is 9.40. The van der Waals surface area contributed by atoms with Gasteiger partial charge in [-0.15, -0.1) is 0 Å². The number of rotatable bonds is 9. The van der Waals surface area contributed by atoms with Gasteiger partial charge in [-0.3, -0.25) is 4.79 Å². The summed E-state index contributed by atoms with van der Waals surface area (Å²) in [5.74, 6) is -0.0893. The van der Waals surface area contributed by atoms with Gasteiger partial charge in [0, 0.05) is 19.7 Å². The van der Waals surface area contributed by atoms with Crippen LogP contribution in [0, 0.1) is 0 Å². The first-order valence-corrected chi connectivity index (χ1v) is 6.84. The molecule has 1 aromatic carbocycles. The molecule has 0 aliphatic rings. The third kappa shape index (κ3) is 6.14. The minimum atomic E-state index is -0.354. The number of benzene rings is 1. The van der Waals surface area contributed by atoms with Gasteiger partial charge in [0.05, 0.1) is 19.3 Å². The molecule has 20 heavy (non-hydrogen) atoms. The zero-order chi connectivity index (χ0) is 14.8. The molecule has 0 saturated heterocycles. The molecule has 0 bridgehead atoms. The Morgan fingerprint density at radius 1 is 1.35 bits per heavy atom. The minimum Gasteiger partial charge on any atom is -0.395 e. The molecular formula is C15H24N2O3. The second kappa shape index (κ2) is 9.47. The minimum absolute atomic E-state index is 0.00934. The SMILES string of the molecule is COCCNC(=O)C(C)NC(CO)Cc1ccccc1. The van der Waals surface area contributed by atoms with E-state index in [0.29, 0.717) is 19.6 Å². The number of ether oxygens (including phenoxy) is 1. The zero-order valence-electron chi connectivity index (χ0n) is 12.1. The van der Waals surface area contributed by atoms with Crippen molar-refractivity contribution < 1.29 is 14.6 Å². The van der Waals surface area contributed by atoms with Crippen LogP contribution in [0.5, 0.6) is 0 Å². The van der Waals surface area contributed by atoms with Crippen molar-refractivity contribution in [1.29, 1.82) is 0 Å². The highest BCUT2D eigenvalue weighted by Crippen LogP contribution is 2.03. The Balaban J connectivity index is 2.41. The molecule has 0 aliphatic heterocycles. The Bertz CT molecular complexity index is 384. The highest BCUT2D eigenvalue weighted by atomic mass is 16.5. The van der Waals surface area contributed by atoms with Gasteiger partial charge in [-0.1, -0.05) is 30.3 Å². The van der Waals surface area contributed by atoms with Crippen molar-refractivity contribution in [3.63, 3.8) is 0 Å². The third-order valence-electron chi connectivity index (χ3n) is 3.03. The summed E-state index contributed by atoms with van der Waals surface area (Å²) < 4.78 is 4.88. The quantitative estimate of drug-likeness (QED) is 0.570. The van der Waals surface area contributed by atoms with E-state index in [1.807, 2.05) is 30.3 Å².